The zero-order chi connectivity index (χ0) is 14.2. The van der Waals surface area contributed by atoms with Gasteiger partial charge in [0.2, 0.25) is 0 Å². The molecule has 0 aliphatic heterocycles. The Morgan fingerprint density at radius 1 is 1.05 bits per heavy atom. The van der Waals surface area contributed by atoms with Crippen LogP contribution in [0.2, 0.25) is 0 Å². The fourth-order valence-corrected chi connectivity index (χ4v) is 2.44. The van der Waals surface area contributed by atoms with Crippen LogP contribution in [0.4, 0.5) is 5.69 Å². The van der Waals surface area contributed by atoms with Crippen molar-refractivity contribution in [2.45, 2.75) is 11.3 Å². The van der Waals surface area contributed by atoms with E-state index in [1.54, 1.807) is 11.8 Å². The third-order valence-corrected chi connectivity index (χ3v) is 3.88. The van der Waals surface area contributed by atoms with Crippen molar-refractivity contribution in [1.82, 2.24) is 5.32 Å². The van der Waals surface area contributed by atoms with Gasteiger partial charge in [-0.25, -0.2) is 0 Å². The molecule has 0 saturated heterocycles. The Kier molecular flexibility index (Phi) is 5.89. The molecule has 104 valence electrons. The molecule has 0 amide bonds. The van der Waals surface area contributed by atoms with Crippen LogP contribution in [-0.2, 0) is 6.42 Å². The highest BCUT2D eigenvalue weighted by Crippen LogP contribution is 2.17. The van der Waals surface area contributed by atoms with Crippen LogP contribution >= 0.6 is 24.0 Å². The standard InChI is InChI=1S/C16H18N2S2/c1-20-15-9-7-14(8-10-15)18-16(19)17-12-11-13-5-3-2-4-6-13/h2-10H,11-12H2,1H3,(H2,17,18,19). The number of hydrogen-bond acceptors (Lipinski definition) is 2. The van der Waals surface area contributed by atoms with Crippen molar-refractivity contribution in [3.8, 4) is 0 Å². The van der Waals surface area contributed by atoms with Gasteiger partial charge in [-0.1, -0.05) is 30.3 Å². The van der Waals surface area contributed by atoms with E-state index < -0.39 is 0 Å². The molecular weight excluding hydrogens is 284 g/mol. The Balaban J connectivity index is 1.74. The Labute approximate surface area is 130 Å². The highest BCUT2D eigenvalue weighted by atomic mass is 32.2. The van der Waals surface area contributed by atoms with E-state index in [2.05, 4.69) is 53.3 Å². The summed E-state index contributed by atoms with van der Waals surface area (Å²) in [5.74, 6) is 0. The summed E-state index contributed by atoms with van der Waals surface area (Å²) in [6, 6.07) is 18.6. The predicted molar refractivity (Wildman–Crippen MR) is 92.6 cm³/mol. The molecule has 2 rings (SSSR count). The minimum Gasteiger partial charge on any atom is -0.362 e. The minimum absolute atomic E-state index is 0.665. The summed E-state index contributed by atoms with van der Waals surface area (Å²) in [4.78, 5) is 1.25. The maximum atomic E-state index is 5.29. The molecule has 2 nitrogen and oxygen atoms in total. The predicted octanol–water partition coefficient (Wildman–Crippen LogP) is 3.94. The lowest BCUT2D eigenvalue weighted by atomic mass is 10.1. The Morgan fingerprint density at radius 2 is 1.75 bits per heavy atom. The van der Waals surface area contributed by atoms with Gasteiger partial charge < -0.3 is 10.6 Å². The molecule has 0 aromatic heterocycles. The Hall–Kier alpha value is -1.52. The highest BCUT2D eigenvalue weighted by Gasteiger charge is 1.98. The molecule has 0 aliphatic carbocycles. The van der Waals surface area contributed by atoms with Gasteiger partial charge in [0.1, 0.15) is 0 Å². The van der Waals surface area contributed by atoms with Crippen LogP contribution in [-0.4, -0.2) is 17.9 Å². The number of nitrogens with one attached hydrogen (secondary N) is 2. The first-order chi connectivity index (χ1) is 9.78. The Morgan fingerprint density at radius 3 is 2.40 bits per heavy atom. The monoisotopic (exact) mass is 302 g/mol. The number of benzene rings is 2. The molecule has 0 atom stereocenters. The van der Waals surface area contributed by atoms with E-state index in [0.29, 0.717) is 5.11 Å². The van der Waals surface area contributed by atoms with Gasteiger partial charge in [0, 0.05) is 17.1 Å². The highest BCUT2D eigenvalue weighted by molar-refractivity contribution is 7.98. The van der Waals surface area contributed by atoms with E-state index in [4.69, 9.17) is 12.2 Å². The van der Waals surface area contributed by atoms with E-state index in [9.17, 15) is 0 Å². The second-order valence-corrected chi connectivity index (χ2v) is 5.63. The molecule has 0 spiro atoms. The summed E-state index contributed by atoms with van der Waals surface area (Å²) < 4.78 is 0. The third kappa shape index (κ3) is 4.87. The van der Waals surface area contributed by atoms with Gasteiger partial charge in [-0.15, -0.1) is 11.8 Å². The van der Waals surface area contributed by atoms with Crippen LogP contribution in [0.25, 0.3) is 0 Å². The molecule has 2 aromatic rings. The van der Waals surface area contributed by atoms with Crippen molar-refractivity contribution in [2.75, 3.05) is 18.1 Å². The minimum atomic E-state index is 0.665. The average Bonchev–Trinajstić information content (AvgIpc) is 2.49. The van der Waals surface area contributed by atoms with Gasteiger partial charge in [-0.2, -0.15) is 0 Å². The van der Waals surface area contributed by atoms with Crippen LogP contribution in [0.1, 0.15) is 5.56 Å². The number of hydrogen-bond donors (Lipinski definition) is 2. The summed E-state index contributed by atoms with van der Waals surface area (Å²) in [7, 11) is 0. The fraction of sp³-hybridized carbons (Fsp3) is 0.188. The van der Waals surface area contributed by atoms with Crippen LogP contribution in [0.5, 0.6) is 0 Å². The third-order valence-electron chi connectivity index (χ3n) is 2.89. The van der Waals surface area contributed by atoms with Gasteiger partial charge in [-0.3, -0.25) is 0 Å². The molecule has 0 heterocycles. The fourth-order valence-electron chi connectivity index (χ4n) is 1.81. The number of thiocarbonyl (C=S) groups is 1. The SMILES string of the molecule is CSc1ccc(NC(=S)NCCc2ccccc2)cc1. The molecule has 0 saturated carbocycles. The van der Waals surface area contributed by atoms with Crippen molar-refractivity contribution >= 4 is 34.8 Å². The lowest BCUT2D eigenvalue weighted by Crippen LogP contribution is -2.30. The molecular formula is C16H18N2S2. The molecule has 2 aromatic carbocycles. The zero-order valence-electron chi connectivity index (χ0n) is 11.4. The summed E-state index contributed by atoms with van der Waals surface area (Å²) in [5, 5.41) is 7.08. The normalized spacial score (nSPS) is 10.1. The van der Waals surface area contributed by atoms with Crippen molar-refractivity contribution in [3.05, 3.63) is 60.2 Å². The molecule has 0 radical (unpaired) electrons. The lowest BCUT2D eigenvalue weighted by molar-refractivity contribution is 0.873. The van der Waals surface area contributed by atoms with Crippen LogP contribution in [0, 0.1) is 0 Å². The first-order valence-electron chi connectivity index (χ1n) is 6.51. The van der Waals surface area contributed by atoms with E-state index in [-0.39, 0.29) is 0 Å². The quantitative estimate of drug-likeness (QED) is 0.645. The van der Waals surface area contributed by atoms with Crippen molar-refractivity contribution in [1.29, 1.82) is 0 Å². The van der Waals surface area contributed by atoms with E-state index in [1.165, 1.54) is 10.5 Å². The summed E-state index contributed by atoms with van der Waals surface area (Å²) in [6.07, 6.45) is 3.03. The van der Waals surface area contributed by atoms with E-state index >= 15 is 0 Å². The van der Waals surface area contributed by atoms with Crippen LogP contribution in [0.3, 0.4) is 0 Å². The van der Waals surface area contributed by atoms with Crippen molar-refractivity contribution < 1.29 is 0 Å². The summed E-state index contributed by atoms with van der Waals surface area (Å²) in [6.45, 7) is 0.832. The van der Waals surface area contributed by atoms with Crippen molar-refractivity contribution in [3.63, 3.8) is 0 Å². The molecule has 0 unspecified atom stereocenters. The maximum Gasteiger partial charge on any atom is 0.170 e. The maximum absolute atomic E-state index is 5.29. The second kappa shape index (κ2) is 7.92. The number of anilines is 1. The molecule has 0 fully saturated rings. The first-order valence-corrected chi connectivity index (χ1v) is 8.14. The molecule has 0 bridgehead atoms. The zero-order valence-corrected chi connectivity index (χ0v) is 13.1. The first kappa shape index (κ1) is 14.9. The molecule has 20 heavy (non-hydrogen) atoms. The lowest BCUT2D eigenvalue weighted by Gasteiger charge is -2.10. The number of rotatable bonds is 5. The largest absolute Gasteiger partial charge is 0.362 e. The van der Waals surface area contributed by atoms with Crippen LogP contribution < -0.4 is 10.6 Å². The summed E-state index contributed by atoms with van der Waals surface area (Å²) in [5.41, 5.74) is 2.33. The van der Waals surface area contributed by atoms with Gasteiger partial charge >= 0.3 is 0 Å². The van der Waals surface area contributed by atoms with E-state index in [0.717, 1.165) is 18.7 Å². The van der Waals surface area contributed by atoms with E-state index in [1.807, 2.05) is 18.2 Å². The van der Waals surface area contributed by atoms with Gasteiger partial charge in [0.05, 0.1) is 0 Å². The summed E-state index contributed by atoms with van der Waals surface area (Å²) >= 11 is 7.02. The van der Waals surface area contributed by atoms with Crippen molar-refractivity contribution in [2.24, 2.45) is 0 Å². The van der Waals surface area contributed by atoms with Gasteiger partial charge in [0.15, 0.2) is 5.11 Å². The Bertz CT molecular complexity index is 538. The average molecular weight is 302 g/mol. The smallest absolute Gasteiger partial charge is 0.170 e. The molecule has 0 aliphatic rings. The second-order valence-electron chi connectivity index (χ2n) is 4.35. The topological polar surface area (TPSA) is 24.1 Å². The van der Waals surface area contributed by atoms with Crippen LogP contribution in [0.15, 0.2) is 59.5 Å². The number of thioether (sulfide) groups is 1. The van der Waals surface area contributed by atoms with Gasteiger partial charge in [-0.05, 0) is 54.7 Å². The molecule has 4 heteroatoms. The van der Waals surface area contributed by atoms with Gasteiger partial charge in [0.25, 0.3) is 0 Å². The molecule has 2 N–H and O–H groups in total.